The molecule has 2 aliphatic rings. The molecule has 0 N–H and O–H groups in total. The molecule has 3 aromatic rings. The fraction of sp³-hybridized carbons (Fsp3) is 0.478. The van der Waals surface area contributed by atoms with Crippen LogP contribution in [0.3, 0.4) is 0 Å². The molecule has 0 aliphatic carbocycles. The van der Waals surface area contributed by atoms with Crippen molar-refractivity contribution in [3.05, 3.63) is 46.6 Å². The van der Waals surface area contributed by atoms with E-state index in [-0.39, 0.29) is 0 Å². The first-order valence-electron chi connectivity index (χ1n) is 10.8. The molecule has 0 bridgehead atoms. The lowest BCUT2D eigenvalue weighted by Gasteiger charge is -2.29. The van der Waals surface area contributed by atoms with Gasteiger partial charge in [0.05, 0.1) is 18.8 Å². The molecule has 0 spiro atoms. The van der Waals surface area contributed by atoms with E-state index in [0.29, 0.717) is 12.8 Å². The number of likely N-dealkylation sites (N-methyl/N-ethyl adjacent to an activating group) is 1. The van der Waals surface area contributed by atoms with Crippen LogP contribution in [0.15, 0.2) is 30.6 Å². The average Bonchev–Trinajstić information content (AvgIpc) is 3.50. The van der Waals surface area contributed by atoms with Crippen molar-refractivity contribution in [3.8, 4) is 17.1 Å². The van der Waals surface area contributed by atoms with E-state index >= 15 is 0 Å². The monoisotopic (exact) mass is 439 g/mol. The van der Waals surface area contributed by atoms with E-state index in [9.17, 15) is 0 Å². The molecule has 164 valence electrons. The number of aromatic nitrogens is 3. The summed E-state index contributed by atoms with van der Waals surface area (Å²) in [4.78, 5) is 10.8. The molecule has 8 heteroatoms. The third-order valence-corrected chi connectivity index (χ3v) is 7.48. The number of nitrogens with zero attached hydrogens (tertiary/aromatic N) is 5. The third-order valence-electron chi connectivity index (χ3n) is 6.14. The van der Waals surface area contributed by atoms with Crippen LogP contribution >= 0.6 is 11.3 Å². The van der Waals surface area contributed by atoms with Gasteiger partial charge in [-0.15, -0.1) is 11.3 Å². The molecule has 1 fully saturated rings. The minimum atomic E-state index is 0.370. The summed E-state index contributed by atoms with van der Waals surface area (Å²) >= 11 is 1.89. The fourth-order valence-corrected chi connectivity index (χ4v) is 5.86. The van der Waals surface area contributed by atoms with Crippen LogP contribution in [0.4, 0.5) is 5.00 Å². The van der Waals surface area contributed by atoms with Crippen LogP contribution in [0, 0.1) is 6.92 Å². The Balaban J connectivity index is 1.41. The summed E-state index contributed by atoms with van der Waals surface area (Å²) in [5.41, 5.74) is 3.79. The lowest BCUT2D eigenvalue weighted by atomic mass is 10.1. The lowest BCUT2D eigenvalue weighted by Crippen LogP contribution is -2.29. The van der Waals surface area contributed by atoms with Crippen molar-refractivity contribution in [2.75, 3.05) is 32.2 Å². The number of rotatable bonds is 7. The molecule has 1 saturated heterocycles. The van der Waals surface area contributed by atoms with Crippen molar-refractivity contribution in [1.82, 2.24) is 19.7 Å². The summed E-state index contributed by atoms with van der Waals surface area (Å²) in [6, 6.07) is 8.30. The van der Waals surface area contributed by atoms with Crippen molar-refractivity contribution in [3.63, 3.8) is 0 Å². The second kappa shape index (κ2) is 8.61. The summed E-state index contributed by atoms with van der Waals surface area (Å²) in [7, 11) is 3.89. The molecular weight excluding hydrogens is 410 g/mol. The lowest BCUT2D eigenvalue weighted by molar-refractivity contribution is 0.0795. The molecule has 0 radical (unpaired) electrons. The summed E-state index contributed by atoms with van der Waals surface area (Å²) in [6.45, 7) is 6.56. The normalized spacial score (nSPS) is 17.8. The summed E-state index contributed by atoms with van der Waals surface area (Å²) in [6.07, 6.45) is 4.38. The van der Waals surface area contributed by atoms with Gasteiger partial charge in [0.1, 0.15) is 23.7 Å². The molecular formula is C23H29N5O2S. The van der Waals surface area contributed by atoms with Gasteiger partial charge in [0, 0.05) is 31.1 Å². The average molecular weight is 440 g/mol. The van der Waals surface area contributed by atoms with Gasteiger partial charge < -0.3 is 14.4 Å². The number of methoxy groups -OCH3 is 1. The predicted octanol–water partition coefficient (Wildman–Crippen LogP) is 3.91. The molecule has 1 aromatic carbocycles. The van der Waals surface area contributed by atoms with Crippen LogP contribution in [0.25, 0.3) is 11.4 Å². The van der Waals surface area contributed by atoms with Gasteiger partial charge in [-0.25, -0.2) is 9.67 Å². The van der Waals surface area contributed by atoms with E-state index in [4.69, 9.17) is 9.47 Å². The fourth-order valence-electron chi connectivity index (χ4n) is 4.49. The topological polar surface area (TPSA) is 55.7 Å². The van der Waals surface area contributed by atoms with E-state index in [1.165, 1.54) is 39.4 Å². The summed E-state index contributed by atoms with van der Waals surface area (Å²) in [5.74, 6) is 1.85. The van der Waals surface area contributed by atoms with E-state index in [1.54, 1.807) is 13.4 Å². The molecule has 4 heterocycles. The van der Waals surface area contributed by atoms with Gasteiger partial charge >= 0.3 is 0 Å². The zero-order chi connectivity index (χ0) is 21.4. The smallest absolute Gasteiger partial charge is 0.163 e. The van der Waals surface area contributed by atoms with Gasteiger partial charge in [-0.3, -0.25) is 4.90 Å². The number of hydrogen-bond donors (Lipinski definition) is 0. The number of hydrogen-bond acceptors (Lipinski definition) is 7. The van der Waals surface area contributed by atoms with Crippen molar-refractivity contribution in [2.24, 2.45) is 0 Å². The molecule has 31 heavy (non-hydrogen) atoms. The first-order chi connectivity index (χ1) is 15.1. The van der Waals surface area contributed by atoms with Crippen LogP contribution in [0.2, 0.25) is 0 Å². The predicted molar refractivity (Wildman–Crippen MR) is 123 cm³/mol. The molecule has 1 atom stereocenters. The molecule has 1 unspecified atom stereocenters. The van der Waals surface area contributed by atoms with Gasteiger partial charge in [-0.1, -0.05) is 12.1 Å². The Bertz CT molecular complexity index is 1040. The maximum absolute atomic E-state index is 5.83. The maximum Gasteiger partial charge on any atom is 0.163 e. The first-order valence-corrected chi connectivity index (χ1v) is 11.6. The maximum atomic E-state index is 5.83. The number of ether oxygens (including phenoxy) is 2. The van der Waals surface area contributed by atoms with Crippen LogP contribution in [-0.4, -0.2) is 53.1 Å². The Morgan fingerprint density at radius 3 is 2.87 bits per heavy atom. The largest absolute Gasteiger partial charge is 0.497 e. The number of benzene rings is 1. The van der Waals surface area contributed by atoms with E-state index in [1.807, 2.05) is 28.2 Å². The van der Waals surface area contributed by atoms with Crippen LogP contribution in [-0.2, 0) is 24.5 Å². The second-order valence-electron chi connectivity index (χ2n) is 8.43. The van der Waals surface area contributed by atoms with Crippen molar-refractivity contribution in [1.29, 1.82) is 0 Å². The van der Waals surface area contributed by atoms with Gasteiger partial charge in [0.2, 0.25) is 0 Å². The molecule has 0 amide bonds. The molecule has 2 aromatic heterocycles. The van der Waals surface area contributed by atoms with E-state index < -0.39 is 0 Å². The number of thiophene rings is 1. The van der Waals surface area contributed by atoms with Crippen molar-refractivity contribution >= 4 is 16.3 Å². The highest BCUT2D eigenvalue weighted by Crippen LogP contribution is 2.45. The molecule has 7 nitrogen and oxygen atoms in total. The minimum Gasteiger partial charge on any atom is -0.497 e. The Hall–Kier alpha value is -2.42. The van der Waals surface area contributed by atoms with E-state index in [2.05, 4.69) is 46.0 Å². The SMILES string of the molecule is COc1ccc(CN2Cn3ncnc3-c3c2sc(CN(C)CC2CCCO2)c3C)cc1. The molecule has 2 aliphatic heterocycles. The van der Waals surface area contributed by atoms with Crippen LogP contribution in [0.1, 0.15) is 28.8 Å². The van der Waals surface area contributed by atoms with E-state index in [0.717, 1.165) is 37.8 Å². The van der Waals surface area contributed by atoms with Gasteiger partial charge in [0.15, 0.2) is 5.82 Å². The molecule has 0 saturated carbocycles. The Labute approximate surface area is 187 Å². The summed E-state index contributed by atoms with van der Waals surface area (Å²) < 4.78 is 13.1. The second-order valence-corrected chi connectivity index (χ2v) is 9.52. The zero-order valence-electron chi connectivity index (χ0n) is 18.4. The van der Waals surface area contributed by atoms with Crippen LogP contribution < -0.4 is 9.64 Å². The highest BCUT2D eigenvalue weighted by molar-refractivity contribution is 7.17. The Morgan fingerprint density at radius 1 is 1.29 bits per heavy atom. The van der Waals surface area contributed by atoms with Gasteiger partial charge in [-0.2, -0.15) is 5.10 Å². The van der Waals surface area contributed by atoms with Gasteiger partial charge in [0.25, 0.3) is 0 Å². The summed E-state index contributed by atoms with van der Waals surface area (Å²) in [5, 5.41) is 5.76. The van der Waals surface area contributed by atoms with Crippen LogP contribution in [0.5, 0.6) is 5.75 Å². The highest BCUT2D eigenvalue weighted by Gasteiger charge is 2.30. The zero-order valence-corrected chi connectivity index (χ0v) is 19.2. The molecule has 5 rings (SSSR count). The Morgan fingerprint density at radius 2 is 2.13 bits per heavy atom. The number of fused-ring (bicyclic) bond motifs is 3. The third kappa shape index (κ3) is 4.07. The number of anilines is 1. The highest BCUT2D eigenvalue weighted by atomic mass is 32.1. The van der Waals surface area contributed by atoms with Gasteiger partial charge in [-0.05, 0) is 50.1 Å². The Kier molecular flexibility index (Phi) is 5.69. The van der Waals surface area contributed by atoms with Crippen molar-refractivity contribution < 1.29 is 9.47 Å². The van der Waals surface area contributed by atoms with Crippen molar-refractivity contribution in [2.45, 2.75) is 45.6 Å². The first kappa shape index (κ1) is 20.5. The minimum absolute atomic E-state index is 0.370. The quantitative estimate of drug-likeness (QED) is 0.556. The standard InChI is InChI=1S/C23H29N5O2S/c1-16-20(13-26(2)12-19-5-4-10-30-19)31-23-21(16)22-24-14-25-28(22)15-27(23)11-17-6-8-18(29-3)9-7-17/h6-9,14,19H,4-5,10-13,15H2,1-3H3.